The molecule has 1 aliphatic rings. The van der Waals surface area contributed by atoms with Crippen molar-refractivity contribution in [3.05, 3.63) is 58.6 Å². The van der Waals surface area contributed by atoms with Gasteiger partial charge in [-0.1, -0.05) is 36.9 Å². The molecule has 0 spiro atoms. The average Bonchev–Trinajstić information content (AvgIpc) is 2.67. The molecule has 2 N–H and O–H groups in total. The van der Waals surface area contributed by atoms with E-state index in [9.17, 15) is 22.8 Å². The van der Waals surface area contributed by atoms with Crippen molar-refractivity contribution in [1.29, 1.82) is 0 Å². The lowest BCUT2D eigenvalue weighted by Gasteiger charge is -2.21. The van der Waals surface area contributed by atoms with Crippen molar-refractivity contribution in [2.45, 2.75) is 38.3 Å². The summed E-state index contributed by atoms with van der Waals surface area (Å²) in [4.78, 5) is 24.8. The fourth-order valence-electron chi connectivity index (χ4n) is 3.38. The van der Waals surface area contributed by atoms with Gasteiger partial charge in [0.2, 0.25) is 5.91 Å². The third-order valence-electron chi connectivity index (χ3n) is 4.85. The number of carbonyl (C=O) groups is 2. The standard InChI is InChI=1S/C21H20ClF3N2O2/c22-16-8-4-7-14(9-16)20(29)27-18-11-15(21(23,24)25)10-17(12-18)26-19(28)13-5-2-1-3-6-13/h4,7-13H,1-3,5-6H2,(H,26,28)(H,27,29). The zero-order chi connectivity index (χ0) is 21.0. The molecule has 154 valence electrons. The van der Waals surface area contributed by atoms with Gasteiger partial charge in [0.1, 0.15) is 0 Å². The van der Waals surface area contributed by atoms with Gasteiger partial charge < -0.3 is 10.6 Å². The molecule has 1 aliphatic carbocycles. The van der Waals surface area contributed by atoms with Gasteiger partial charge >= 0.3 is 6.18 Å². The normalized spacial score (nSPS) is 15.0. The molecule has 0 aliphatic heterocycles. The van der Waals surface area contributed by atoms with Gasteiger partial charge in [0.05, 0.1) is 5.56 Å². The van der Waals surface area contributed by atoms with Gasteiger partial charge in [-0.05, 0) is 49.2 Å². The predicted molar refractivity (Wildman–Crippen MR) is 106 cm³/mol. The number of alkyl halides is 3. The van der Waals surface area contributed by atoms with Crippen molar-refractivity contribution < 1.29 is 22.8 Å². The first-order valence-electron chi connectivity index (χ1n) is 9.32. The second-order valence-electron chi connectivity index (χ2n) is 7.09. The SMILES string of the molecule is O=C(Nc1cc(NC(=O)C2CCCCC2)cc(C(F)(F)F)c1)c1cccc(Cl)c1. The number of carbonyl (C=O) groups excluding carboxylic acids is 2. The minimum atomic E-state index is -4.62. The predicted octanol–water partition coefficient (Wildman–Crippen LogP) is 6.13. The number of amides is 2. The molecular weight excluding hydrogens is 405 g/mol. The number of rotatable bonds is 4. The number of anilines is 2. The van der Waals surface area contributed by atoms with E-state index in [-0.39, 0.29) is 28.8 Å². The van der Waals surface area contributed by atoms with Gasteiger partial charge in [0, 0.05) is 27.9 Å². The minimum absolute atomic E-state index is 0.00297. The van der Waals surface area contributed by atoms with Gasteiger partial charge in [-0.2, -0.15) is 13.2 Å². The van der Waals surface area contributed by atoms with Crippen molar-refractivity contribution in [2.24, 2.45) is 5.92 Å². The van der Waals surface area contributed by atoms with Crippen LogP contribution in [0.3, 0.4) is 0 Å². The van der Waals surface area contributed by atoms with Crippen LogP contribution in [0.2, 0.25) is 5.02 Å². The van der Waals surface area contributed by atoms with E-state index >= 15 is 0 Å². The fourth-order valence-corrected chi connectivity index (χ4v) is 3.57. The third kappa shape index (κ3) is 5.73. The summed E-state index contributed by atoms with van der Waals surface area (Å²) in [5.74, 6) is -1.10. The summed E-state index contributed by atoms with van der Waals surface area (Å²) < 4.78 is 39.9. The second kappa shape index (κ2) is 8.86. The molecule has 0 saturated heterocycles. The van der Waals surface area contributed by atoms with E-state index < -0.39 is 17.6 Å². The number of benzene rings is 2. The van der Waals surface area contributed by atoms with Crippen LogP contribution in [-0.2, 0) is 11.0 Å². The van der Waals surface area contributed by atoms with E-state index in [4.69, 9.17) is 11.6 Å². The van der Waals surface area contributed by atoms with Crippen LogP contribution in [0, 0.1) is 5.92 Å². The molecule has 2 amide bonds. The Morgan fingerprint density at radius 2 is 1.59 bits per heavy atom. The Morgan fingerprint density at radius 3 is 2.21 bits per heavy atom. The van der Waals surface area contributed by atoms with Crippen LogP contribution in [0.4, 0.5) is 24.5 Å². The molecule has 0 heterocycles. The summed E-state index contributed by atoms with van der Waals surface area (Å²) in [6.07, 6.45) is -0.246. The van der Waals surface area contributed by atoms with E-state index in [1.165, 1.54) is 18.2 Å². The molecule has 0 radical (unpaired) electrons. The lowest BCUT2D eigenvalue weighted by atomic mass is 9.88. The van der Waals surface area contributed by atoms with E-state index in [1.807, 2.05) is 0 Å². The Morgan fingerprint density at radius 1 is 0.931 bits per heavy atom. The van der Waals surface area contributed by atoms with E-state index in [0.29, 0.717) is 5.02 Å². The first kappa shape index (κ1) is 21.2. The molecule has 0 aromatic heterocycles. The summed E-state index contributed by atoms with van der Waals surface area (Å²) in [6.45, 7) is 0. The molecular formula is C21H20ClF3N2O2. The number of hydrogen-bond acceptors (Lipinski definition) is 2. The average molecular weight is 425 g/mol. The highest BCUT2D eigenvalue weighted by molar-refractivity contribution is 6.31. The molecule has 0 atom stereocenters. The maximum absolute atomic E-state index is 13.3. The Hall–Kier alpha value is -2.54. The van der Waals surface area contributed by atoms with Crippen molar-refractivity contribution in [3.63, 3.8) is 0 Å². The largest absolute Gasteiger partial charge is 0.416 e. The van der Waals surface area contributed by atoms with E-state index in [2.05, 4.69) is 10.6 Å². The molecule has 2 aromatic rings. The fraction of sp³-hybridized carbons (Fsp3) is 0.333. The number of halogens is 4. The van der Waals surface area contributed by atoms with Crippen LogP contribution in [-0.4, -0.2) is 11.8 Å². The monoisotopic (exact) mass is 424 g/mol. The molecule has 1 saturated carbocycles. The number of hydrogen-bond donors (Lipinski definition) is 2. The highest BCUT2D eigenvalue weighted by Gasteiger charge is 2.32. The molecule has 0 bridgehead atoms. The van der Waals surface area contributed by atoms with Crippen molar-refractivity contribution >= 4 is 34.8 Å². The van der Waals surface area contributed by atoms with Crippen LogP contribution in [0.5, 0.6) is 0 Å². The Balaban J connectivity index is 1.83. The lowest BCUT2D eigenvalue weighted by molar-refractivity contribution is -0.137. The smallest absolute Gasteiger partial charge is 0.326 e. The maximum atomic E-state index is 13.3. The highest BCUT2D eigenvalue weighted by atomic mass is 35.5. The van der Waals surface area contributed by atoms with Crippen LogP contribution in [0.25, 0.3) is 0 Å². The minimum Gasteiger partial charge on any atom is -0.326 e. The van der Waals surface area contributed by atoms with Crippen molar-refractivity contribution in [2.75, 3.05) is 10.6 Å². The topological polar surface area (TPSA) is 58.2 Å². The van der Waals surface area contributed by atoms with Gasteiger partial charge in [-0.3, -0.25) is 9.59 Å². The van der Waals surface area contributed by atoms with E-state index in [1.54, 1.807) is 12.1 Å². The van der Waals surface area contributed by atoms with E-state index in [0.717, 1.165) is 44.2 Å². The summed E-state index contributed by atoms with van der Waals surface area (Å²) in [7, 11) is 0. The van der Waals surface area contributed by atoms with Crippen molar-refractivity contribution in [3.8, 4) is 0 Å². The molecule has 4 nitrogen and oxygen atoms in total. The zero-order valence-electron chi connectivity index (χ0n) is 15.5. The molecule has 1 fully saturated rings. The maximum Gasteiger partial charge on any atom is 0.416 e. The van der Waals surface area contributed by atoms with Crippen LogP contribution in [0.15, 0.2) is 42.5 Å². The molecule has 0 unspecified atom stereocenters. The summed E-state index contributed by atoms with van der Waals surface area (Å²) in [6, 6.07) is 9.09. The van der Waals surface area contributed by atoms with Crippen LogP contribution in [0.1, 0.15) is 48.0 Å². The Bertz CT molecular complexity index is 909. The molecule has 29 heavy (non-hydrogen) atoms. The van der Waals surface area contributed by atoms with Gasteiger partial charge in [-0.25, -0.2) is 0 Å². The third-order valence-corrected chi connectivity index (χ3v) is 5.08. The van der Waals surface area contributed by atoms with Crippen LogP contribution >= 0.6 is 11.6 Å². The Labute approximate surface area is 171 Å². The molecule has 3 rings (SSSR count). The first-order valence-corrected chi connectivity index (χ1v) is 9.70. The van der Waals surface area contributed by atoms with Crippen molar-refractivity contribution in [1.82, 2.24) is 0 Å². The Kier molecular flexibility index (Phi) is 6.47. The number of nitrogens with one attached hydrogen (secondary N) is 2. The summed E-state index contributed by atoms with van der Waals surface area (Å²) in [5.41, 5.74) is -0.816. The van der Waals surface area contributed by atoms with Crippen LogP contribution < -0.4 is 10.6 Å². The van der Waals surface area contributed by atoms with Gasteiger partial charge in [0.25, 0.3) is 5.91 Å². The summed E-state index contributed by atoms with van der Waals surface area (Å²) in [5, 5.41) is 5.35. The van der Waals surface area contributed by atoms with Gasteiger partial charge in [0.15, 0.2) is 0 Å². The quantitative estimate of drug-likeness (QED) is 0.620. The summed E-state index contributed by atoms with van der Waals surface area (Å²) >= 11 is 5.86. The second-order valence-corrected chi connectivity index (χ2v) is 7.52. The lowest BCUT2D eigenvalue weighted by Crippen LogP contribution is -2.25. The zero-order valence-corrected chi connectivity index (χ0v) is 16.2. The molecule has 8 heteroatoms. The van der Waals surface area contributed by atoms with Gasteiger partial charge in [-0.15, -0.1) is 0 Å². The molecule has 2 aromatic carbocycles. The first-order chi connectivity index (χ1) is 13.7. The highest BCUT2D eigenvalue weighted by Crippen LogP contribution is 2.34.